The van der Waals surface area contributed by atoms with E-state index >= 15 is 0 Å². The first-order valence-electron chi connectivity index (χ1n) is 5.32. The fourth-order valence-electron chi connectivity index (χ4n) is 1.91. The summed E-state index contributed by atoms with van der Waals surface area (Å²) in [6, 6.07) is 11.4. The Bertz CT molecular complexity index is 685. The molecular weight excluding hydrogens is 212 g/mol. The molecule has 1 aromatic carbocycles. The Balaban J connectivity index is 2.24. The zero-order chi connectivity index (χ0) is 11.8. The van der Waals surface area contributed by atoms with Gasteiger partial charge in [-0.15, -0.1) is 0 Å². The largest absolute Gasteiger partial charge is 0.399 e. The van der Waals surface area contributed by atoms with Crippen molar-refractivity contribution in [1.82, 2.24) is 9.38 Å². The fraction of sp³-hybridized carbons (Fsp3) is 0. The number of benzene rings is 1. The van der Waals surface area contributed by atoms with Crippen LogP contribution < -0.4 is 11.5 Å². The van der Waals surface area contributed by atoms with Gasteiger partial charge in [0.1, 0.15) is 5.82 Å². The maximum Gasteiger partial charge on any atom is 0.144 e. The van der Waals surface area contributed by atoms with E-state index in [1.54, 1.807) is 6.20 Å². The van der Waals surface area contributed by atoms with Crippen LogP contribution in [0, 0.1) is 0 Å². The van der Waals surface area contributed by atoms with Crippen molar-refractivity contribution >= 4 is 16.9 Å². The number of imidazole rings is 1. The minimum atomic E-state index is 0.731. The summed E-state index contributed by atoms with van der Waals surface area (Å²) in [6.07, 6.45) is 3.71. The van der Waals surface area contributed by atoms with Gasteiger partial charge in [-0.2, -0.15) is 0 Å². The van der Waals surface area contributed by atoms with Crippen molar-refractivity contribution in [1.29, 1.82) is 0 Å². The number of hydrogen-bond acceptors (Lipinski definition) is 3. The molecule has 0 amide bonds. The van der Waals surface area contributed by atoms with Crippen molar-refractivity contribution < 1.29 is 0 Å². The summed E-state index contributed by atoms with van der Waals surface area (Å²) in [5.74, 6) is 0.868. The van der Waals surface area contributed by atoms with Gasteiger partial charge in [0.2, 0.25) is 0 Å². The van der Waals surface area contributed by atoms with E-state index in [0.717, 1.165) is 28.3 Å². The second-order valence-electron chi connectivity index (χ2n) is 3.96. The molecule has 3 rings (SSSR count). The molecule has 4 N–H and O–H groups in total. The maximum absolute atomic E-state index is 5.78. The molecule has 0 aliphatic carbocycles. The van der Waals surface area contributed by atoms with Gasteiger partial charge in [-0.05, 0) is 24.3 Å². The third kappa shape index (κ3) is 1.59. The predicted molar refractivity (Wildman–Crippen MR) is 69.5 cm³/mol. The summed E-state index contributed by atoms with van der Waals surface area (Å²) in [4.78, 5) is 4.40. The summed E-state index contributed by atoms with van der Waals surface area (Å²) < 4.78 is 1.99. The second kappa shape index (κ2) is 3.52. The van der Waals surface area contributed by atoms with Crippen LogP contribution in [0.25, 0.3) is 16.9 Å². The number of rotatable bonds is 1. The van der Waals surface area contributed by atoms with Crippen molar-refractivity contribution in [3.63, 3.8) is 0 Å². The van der Waals surface area contributed by atoms with Crippen molar-refractivity contribution in [2.75, 3.05) is 11.5 Å². The predicted octanol–water partition coefficient (Wildman–Crippen LogP) is 2.17. The van der Waals surface area contributed by atoms with E-state index in [9.17, 15) is 0 Å². The van der Waals surface area contributed by atoms with E-state index in [1.165, 1.54) is 0 Å². The number of nitrogen functional groups attached to an aromatic ring is 2. The molecule has 0 fully saturated rings. The van der Waals surface area contributed by atoms with E-state index in [-0.39, 0.29) is 0 Å². The van der Waals surface area contributed by atoms with Crippen molar-refractivity contribution in [2.45, 2.75) is 0 Å². The molecule has 0 bridgehead atoms. The third-order valence-electron chi connectivity index (χ3n) is 2.70. The minimum Gasteiger partial charge on any atom is -0.399 e. The molecule has 0 aliphatic heterocycles. The zero-order valence-electron chi connectivity index (χ0n) is 9.17. The van der Waals surface area contributed by atoms with E-state index in [1.807, 2.05) is 47.0 Å². The topological polar surface area (TPSA) is 69.3 Å². The zero-order valence-corrected chi connectivity index (χ0v) is 9.17. The van der Waals surface area contributed by atoms with Crippen molar-refractivity contribution in [2.24, 2.45) is 0 Å². The lowest BCUT2D eigenvalue weighted by atomic mass is 10.2. The molecule has 2 aromatic heterocycles. The summed E-state index contributed by atoms with van der Waals surface area (Å²) >= 11 is 0. The summed E-state index contributed by atoms with van der Waals surface area (Å²) in [5.41, 5.74) is 14.9. The molecule has 0 spiro atoms. The number of nitrogens with zero attached hydrogens (tertiary/aromatic N) is 2. The molecule has 0 unspecified atom stereocenters. The Kier molecular flexibility index (Phi) is 2.01. The number of nitrogens with two attached hydrogens (primary N) is 2. The van der Waals surface area contributed by atoms with Crippen LogP contribution in [0.15, 0.2) is 48.8 Å². The average molecular weight is 224 g/mol. The highest BCUT2D eigenvalue weighted by Gasteiger charge is 2.06. The van der Waals surface area contributed by atoms with Crippen molar-refractivity contribution in [3.8, 4) is 11.4 Å². The highest BCUT2D eigenvalue weighted by atomic mass is 15.0. The standard InChI is InChI=1S/C13H12N4/c14-10-3-1-2-9(6-10)13-16-8-12-7-11(15)4-5-17(12)13/h1-8H,14-15H2. The third-order valence-corrected chi connectivity index (χ3v) is 2.70. The van der Waals surface area contributed by atoms with Gasteiger partial charge in [-0.25, -0.2) is 4.98 Å². The van der Waals surface area contributed by atoms with E-state index in [0.29, 0.717) is 0 Å². The number of pyridine rings is 1. The molecule has 3 aromatic rings. The average Bonchev–Trinajstić information content (AvgIpc) is 2.71. The van der Waals surface area contributed by atoms with Crippen LogP contribution in [0.3, 0.4) is 0 Å². The van der Waals surface area contributed by atoms with Crippen LogP contribution in [-0.4, -0.2) is 9.38 Å². The molecule has 2 heterocycles. The van der Waals surface area contributed by atoms with E-state index < -0.39 is 0 Å². The minimum absolute atomic E-state index is 0.731. The van der Waals surface area contributed by atoms with Crippen LogP contribution in [-0.2, 0) is 0 Å². The first-order valence-corrected chi connectivity index (χ1v) is 5.32. The van der Waals surface area contributed by atoms with Crippen LogP contribution >= 0.6 is 0 Å². The second-order valence-corrected chi connectivity index (χ2v) is 3.96. The quantitative estimate of drug-likeness (QED) is 0.622. The monoisotopic (exact) mass is 224 g/mol. The lowest BCUT2D eigenvalue weighted by Gasteiger charge is -2.03. The summed E-state index contributed by atoms with van der Waals surface area (Å²) in [5, 5.41) is 0. The number of aromatic nitrogens is 2. The van der Waals surface area contributed by atoms with E-state index in [4.69, 9.17) is 11.5 Å². The molecule has 4 heteroatoms. The Labute approximate surface area is 98.5 Å². The van der Waals surface area contributed by atoms with Crippen LogP contribution in [0.4, 0.5) is 11.4 Å². The van der Waals surface area contributed by atoms with Crippen LogP contribution in [0.1, 0.15) is 0 Å². The van der Waals surface area contributed by atoms with Gasteiger partial charge in [0.15, 0.2) is 0 Å². The molecule has 0 saturated carbocycles. The van der Waals surface area contributed by atoms with Crippen molar-refractivity contribution in [3.05, 3.63) is 48.8 Å². The van der Waals surface area contributed by atoms with Gasteiger partial charge in [-0.1, -0.05) is 12.1 Å². The Morgan fingerprint density at radius 1 is 1.00 bits per heavy atom. The number of hydrogen-bond donors (Lipinski definition) is 2. The highest BCUT2D eigenvalue weighted by Crippen LogP contribution is 2.22. The molecule has 84 valence electrons. The highest BCUT2D eigenvalue weighted by molar-refractivity contribution is 5.67. The van der Waals surface area contributed by atoms with E-state index in [2.05, 4.69) is 4.98 Å². The van der Waals surface area contributed by atoms with Crippen LogP contribution in [0.5, 0.6) is 0 Å². The Morgan fingerprint density at radius 3 is 2.65 bits per heavy atom. The van der Waals surface area contributed by atoms with Gasteiger partial charge in [0.05, 0.1) is 11.7 Å². The smallest absolute Gasteiger partial charge is 0.144 e. The van der Waals surface area contributed by atoms with Gasteiger partial charge >= 0.3 is 0 Å². The first-order chi connectivity index (χ1) is 8.24. The van der Waals surface area contributed by atoms with Gasteiger partial charge in [-0.3, -0.25) is 4.40 Å². The number of fused-ring (bicyclic) bond motifs is 1. The lowest BCUT2D eigenvalue weighted by molar-refractivity contribution is 1.16. The molecule has 4 nitrogen and oxygen atoms in total. The summed E-state index contributed by atoms with van der Waals surface area (Å²) in [7, 11) is 0. The van der Waals surface area contributed by atoms with Crippen LogP contribution in [0.2, 0.25) is 0 Å². The normalized spacial score (nSPS) is 10.8. The Hall–Kier alpha value is -2.49. The maximum atomic E-state index is 5.78. The number of anilines is 2. The van der Waals surface area contributed by atoms with Gasteiger partial charge < -0.3 is 11.5 Å². The molecule has 0 saturated heterocycles. The molecular formula is C13H12N4. The van der Waals surface area contributed by atoms with Gasteiger partial charge in [0.25, 0.3) is 0 Å². The molecule has 17 heavy (non-hydrogen) atoms. The molecule has 0 atom stereocenters. The fourth-order valence-corrected chi connectivity index (χ4v) is 1.91. The molecule has 0 radical (unpaired) electrons. The molecule has 0 aliphatic rings. The first kappa shape index (κ1) is 9.72. The Morgan fingerprint density at radius 2 is 1.82 bits per heavy atom. The lowest BCUT2D eigenvalue weighted by Crippen LogP contribution is -1.92. The SMILES string of the molecule is Nc1cccc(-c2ncc3cc(N)ccn23)c1. The summed E-state index contributed by atoms with van der Waals surface area (Å²) in [6.45, 7) is 0. The van der Waals surface area contributed by atoms with Gasteiger partial charge in [0, 0.05) is 23.1 Å².